The fraction of sp³-hybridized carbons (Fsp3) is 0.462. The second-order valence-electron chi connectivity index (χ2n) is 9.68. The third-order valence-corrected chi connectivity index (χ3v) is 8.83. The number of nitrogens with two attached hydrogens (primary N) is 1. The number of aryl methyl sites for hydroxylation is 1. The Labute approximate surface area is 203 Å². The number of likely N-dealkylation sites (N-methyl/N-ethyl adjacent to an activating group) is 1. The molecule has 1 aliphatic heterocycles. The molecule has 0 saturated carbocycles. The van der Waals surface area contributed by atoms with Crippen LogP contribution < -0.4 is 10.6 Å². The van der Waals surface area contributed by atoms with Crippen molar-refractivity contribution in [1.29, 1.82) is 0 Å². The van der Waals surface area contributed by atoms with Crippen LogP contribution in [0.3, 0.4) is 0 Å². The van der Waals surface area contributed by atoms with Gasteiger partial charge in [-0.05, 0) is 52.1 Å². The van der Waals surface area contributed by atoms with Gasteiger partial charge in [0.15, 0.2) is 0 Å². The van der Waals surface area contributed by atoms with E-state index in [-0.39, 0.29) is 15.8 Å². The number of hydrogen-bond acceptors (Lipinski definition) is 7. The average molecular weight is 482 g/mol. The summed E-state index contributed by atoms with van der Waals surface area (Å²) in [5, 5.41) is 0. The fourth-order valence-electron chi connectivity index (χ4n) is 4.93. The first-order valence-corrected chi connectivity index (χ1v) is 13.3. The molecule has 1 aliphatic carbocycles. The van der Waals surface area contributed by atoms with Crippen LogP contribution in [0.1, 0.15) is 39.2 Å². The van der Waals surface area contributed by atoms with Crippen molar-refractivity contribution >= 4 is 15.5 Å². The van der Waals surface area contributed by atoms with Gasteiger partial charge in [-0.25, -0.2) is 18.4 Å². The number of hydrogen-bond donors (Lipinski definition) is 1. The topological polar surface area (TPSA) is 92.4 Å². The van der Waals surface area contributed by atoms with Crippen LogP contribution in [0.15, 0.2) is 63.6 Å². The fourth-order valence-corrected chi connectivity index (χ4v) is 6.39. The van der Waals surface area contributed by atoms with Gasteiger partial charge in [0.05, 0.1) is 10.6 Å². The molecule has 8 heteroatoms. The second kappa shape index (κ2) is 9.24. The molecule has 2 atom stereocenters. The summed E-state index contributed by atoms with van der Waals surface area (Å²) in [6, 6.07) is 6.78. The van der Waals surface area contributed by atoms with Crippen molar-refractivity contribution in [1.82, 2.24) is 14.9 Å². The molecule has 1 fully saturated rings. The quantitative estimate of drug-likeness (QED) is 0.701. The highest BCUT2D eigenvalue weighted by Gasteiger charge is 2.41. The molecule has 1 aromatic heterocycles. The molecule has 34 heavy (non-hydrogen) atoms. The van der Waals surface area contributed by atoms with E-state index in [1.54, 1.807) is 12.1 Å². The minimum atomic E-state index is -3.85. The van der Waals surface area contributed by atoms with E-state index in [9.17, 15) is 8.42 Å². The minimum Gasteiger partial charge on any atom is -0.369 e. The van der Waals surface area contributed by atoms with Gasteiger partial charge in [0.2, 0.25) is 9.84 Å². The van der Waals surface area contributed by atoms with Crippen LogP contribution in [0.2, 0.25) is 0 Å². The summed E-state index contributed by atoms with van der Waals surface area (Å²) in [6.45, 7) is 11.7. The molecule has 0 amide bonds. The maximum absolute atomic E-state index is 13.9. The molecule has 0 bridgehead atoms. The SMILES string of the molecule is CCc1ncc(S(=O)(=O)c2ccc(N3CCN(C)CC3)cc2)c(C2(C)C=C(C)C=C(C)C2N)n1. The van der Waals surface area contributed by atoms with Crippen molar-refractivity contribution in [3.8, 4) is 0 Å². The molecule has 2 aromatic rings. The van der Waals surface area contributed by atoms with Gasteiger partial charge in [-0.15, -0.1) is 0 Å². The number of sulfone groups is 1. The van der Waals surface area contributed by atoms with E-state index in [2.05, 4.69) is 21.8 Å². The Morgan fingerprint density at radius 1 is 1.12 bits per heavy atom. The van der Waals surface area contributed by atoms with Crippen molar-refractivity contribution in [2.24, 2.45) is 5.73 Å². The molecule has 2 heterocycles. The van der Waals surface area contributed by atoms with Crippen molar-refractivity contribution in [2.75, 3.05) is 38.1 Å². The van der Waals surface area contributed by atoms with Crippen LogP contribution >= 0.6 is 0 Å². The van der Waals surface area contributed by atoms with Crippen molar-refractivity contribution in [3.63, 3.8) is 0 Å². The average Bonchev–Trinajstić information content (AvgIpc) is 2.82. The summed E-state index contributed by atoms with van der Waals surface area (Å²) in [7, 11) is -1.74. The van der Waals surface area contributed by atoms with Crippen molar-refractivity contribution < 1.29 is 8.42 Å². The first kappa shape index (κ1) is 24.6. The van der Waals surface area contributed by atoms with Crippen molar-refractivity contribution in [2.45, 2.75) is 55.4 Å². The smallest absolute Gasteiger partial charge is 0.209 e. The van der Waals surface area contributed by atoms with Gasteiger partial charge in [0, 0.05) is 55.9 Å². The molecule has 4 rings (SSSR count). The molecule has 0 radical (unpaired) electrons. The van der Waals surface area contributed by atoms with Crippen molar-refractivity contribution in [3.05, 3.63) is 65.3 Å². The predicted octanol–water partition coefficient (Wildman–Crippen LogP) is 3.11. The number of allylic oxidation sites excluding steroid dienone is 2. The first-order valence-electron chi connectivity index (χ1n) is 11.8. The lowest BCUT2D eigenvalue weighted by Gasteiger charge is -2.37. The zero-order chi connectivity index (χ0) is 24.7. The third-order valence-electron chi connectivity index (χ3n) is 7.06. The van der Waals surface area contributed by atoms with Gasteiger partial charge >= 0.3 is 0 Å². The van der Waals surface area contributed by atoms with E-state index in [0.717, 1.165) is 43.0 Å². The maximum atomic E-state index is 13.9. The van der Waals surface area contributed by atoms with Gasteiger partial charge in [0.25, 0.3) is 0 Å². The Morgan fingerprint density at radius 3 is 2.38 bits per heavy atom. The van der Waals surface area contributed by atoms with Crippen LogP contribution in [0, 0.1) is 0 Å². The lowest BCUT2D eigenvalue weighted by molar-refractivity contribution is 0.313. The Kier molecular flexibility index (Phi) is 6.68. The Hall–Kier alpha value is -2.55. The van der Waals surface area contributed by atoms with Crippen LogP contribution in [0.25, 0.3) is 0 Å². The van der Waals surface area contributed by atoms with Crippen LogP contribution in [-0.2, 0) is 21.7 Å². The van der Waals surface area contributed by atoms with E-state index in [0.29, 0.717) is 17.9 Å². The number of rotatable bonds is 5. The summed E-state index contributed by atoms with van der Waals surface area (Å²) in [5.41, 5.74) is 9.39. The Bertz CT molecular complexity index is 1230. The zero-order valence-corrected chi connectivity index (χ0v) is 21.6. The van der Waals surface area contributed by atoms with E-state index >= 15 is 0 Å². The standard InChI is InChI=1S/C26H35N5O2S/c1-6-23-28-17-22(25(29-23)26(4)16-18(2)15-19(3)24(26)27)34(32,33)21-9-7-20(8-10-21)31-13-11-30(5)12-14-31/h7-10,15-17,24H,6,11-14,27H2,1-5H3. The monoisotopic (exact) mass is 481 g/mol. The molecular formula is C26H35N5O2S. The molecule has 0 spiro atoms. The van der Waals surface area contributed by atoms with Gasteiger partial charge in [-0.3, -0.25) is 0 Å². The van der Waals surface area contributed by atoms with E-state index < -0.39 is 15.3 Å². The van der Waals surface area contributed by atoms with E-state index in [1.807, 2.05) is 52.0 Å². The Balaban J connectivity index is 1.76. The summed E-state index contributed by atoms with van der Waals surface area (Å²) in [5.74, 6) is 0.603. The lowest BCUT2D eigenvalue weighted by atomic mass is 9.72. The molecule has 2 N–H and O–H groups in total. The highest BCUT2D eigenvalue weighted by molar-refractivity contribution is 7.91. The van der Waals surface area contributed by atoms with E-state index in [1.165, 1.54) is 6.20 Å². The predicted molar refractivity (Wildman–Crippen MR) is 136 cm³/mol. The molecule has 7 nitrogen and oxygen atoms in total. The van der Waals surface area contributed by atoms with Gasteiger partial charge < -0.3 is 15.5 Å². The van der Waals surface area contributed by atoms with Gasteiger partial charge in [-0.1, -0.05) is 30.2 Å². The summed E-state index contributed by atoms with van der Waals surface area (Å²) >= 11 is 0. The largest absolute Gasteiger partial charge is 0.369 e. The lowest BCUT2D eigenvalue weighted by Crippen LogP contribution is -2.46. The zero-order valence-electron chi connectivity index (χ0n) is 20.7. The molecular weight excluding hydrogens is 446 g/mol. The number of benzene rings is 1. The molecule has 182 valence electrons. The Morgan fingerprint density at radius 2 is 1.76 bits per heavy atom. The minimum absolute atomic E-state index is 0.119. The van der Waals surface area contributed by atoms with Crippen LogP contribution in [-0.4, -0.2) is 62.6 Å². The normalized spacial score (nSPS) is 24.1. The van der Waals surface area contributed by atoms with Crippen LogP contribution in [0.4, 0.5) is 5.69 Å². The molecule has 2 aliphatic rings. The highest BCUT2D eigenvalue weighted by atomic mass is 32.2. The summed E-state index contributed by atoms with van der Waals surface area (Å²) in [6.07, 6.45) is 6.14. The number of piperazine rings is 1. The molecule has 2 unspecified atom stereocenters. The molecule has 1 aromatic carbocycles. The first-order chi connectivity index (χ1) is 16.1. The maximum Gasteiger partial charge on any atom is 0.209 e. The highest BCUT2D eigenvalue weighted by Crippen LogP contribution is 2.39. The number of anilines is 1. The van der Waals surface area contributed by atoms with E-state index in [4.69, 9.17) is 10.7 Å². The number of nitrogens with zero attached hydrogens (tertiary/aromatic N) is 4. The van der Waals surface area contributed by atoms with Crippen LogP contribution in [0.5, 0.6) is 0 Å². The third kappa shape index (κ3) is 4.42. The second-order valence-corrected chi connectivity index (χ2v) is 11.6. The molecule has 1 saturated heterocycles. The summed E-state index contributed by atoms with van der Waals surface area (Å²) in [4.78, 5) is 14.0. The summed E-state index contributed by atoms with van der Waals surface area (Å²) < 4.78 is 27.7. The van der Waals surface area contributed by atoms with Gasteiger partial charge in [-0.2, -0.15) is 0 Å². The van der Waals surface area contributed by atoms with Gasteiger partial charge in [0.1, 0.15) is 10.7 Å². The number of aromatic nitrogens is 2.